The number of amides is 2. The molecule has 2 amide bonds. The van der Waals surface area contributed by atoms with Crippen LogP contribution in [-0.4, -0.2) is 129 Å². The monoisotopic (exact) mass is 1020 g/mol. The third kappa shape index (κ3) is 51.6. The Labute approximate surface area is 425 Å². The van der Waals surface area contributed by atoms with Gasteiger partial charge in [0.2, 0.25) is 11.8 Å². The third-order valence-corrected chi connectivity index (χ3v) is 13.8. The summed E-state index contributed by atoms with van der Waals surface area (Å²) in [7, 11) is 3.35. The quantitative estimate of drug-likeness (QED) is 0.0303. The van der Waals surface area contributed by atoms with E-state index in [1.165, 1.54) is 167 Å². The number of phosphoric acid groups is 1. The van der Waals surface area contributed by atoms with Crippen molar-refractivity contribution < 1.29 is 72.1 Å². The topological polar surface area (TPSA) is 154 Å². The van der Waals surface area contributed by atoms with Gasteiger partial charge in [0, 0.05) is 38.8 Å². The number of aliphatic hydroxyl groups excluding tert-OH is 2. The summed E-state index contributed by atoms with van der Waals surface area (Å²) in [6.45, 7) is 6.91. The normalized spacial score (nSPS) is 13.6. The number of carbonyl (C=O) groups excluding carboxylic acids is 2. The Morgan fingerprint density at radius 1 is 0.448 bits per heavy atom. The second-order valence-corrected chi connectivity index (χ2v) is 22.3. The van der Waals surface area contributed by atoms with Crippen LogP contribution >= 0.6 is 7.82 Å². The zero-order chi connectivity index (χ0) is 48.3. The Kier molecular flexibility index (Phi) is 50.4. The second kappa shape index (κ2) is 47.8. The molecule has 67 heavy (non-hydrogen) atoms. The highest BCUT2D eigenvalue weighted by molar-refractivity contribution is 7.47. The van der Waals surface area contributed by atoms with Crippen LogP contribution in [0.5, 0.6) is 0 Å². The van der Waals surface area contributed by atoms with Gasteiger partial charge in [-0.2, -0.15) is 0 Å². The van der Waals surface area contributed by atoms with Crippen molar-refractivity contribution in [2.45, 2.75) is 244 Å². The molecule has 12 nitrogen and oxygen atoms in total. The molecule has 0 heterocycles. The number of aliphatic hydroxyl groups is 2. The van der Waals surface area contributed by atoms with Gasteiger partial charge in [-0.3, -0.25) is 18.6 Å². The molecule has 0 rings (SSSR count). The summed E-state index contributed by atoms with van der Waals surface area (Å²) in [5.41, 5.74) is 0. The van der Waals surface area contributed by atoms with Crippen LogP contribution in [0.1, 0.15) is 232 Å². The van der Waals surface area contributed by atoms with Gasteiger partial charge in [-0.15, -0.1) is 0 Å². The predicted molar refractivity (Wildman–Crippen MR) is 272 cm³/mol. The summed E-state index contributed by atoms with van der Waals surface area (Å²) >= 11 is 0. The molecular weight excluding hydrogens is 910 g/mol. The molecule has 0 aromatic rings. The van der Waals surface area contributed by atoms with Gasteiger partial charge in [0.05, 0.1) is 54.5 Å². The Morgan fingerprint density at radius 2 is 0.687 bits per heavy atom. The van der Waals surface area contributed by atoms with Crippen LogP contribution in [0.4, 0.5) is 0 Å². The molecule has 2 atom stereocenters. The highest BCUT2D eigenvalue weighted by Gasteiger charge is 2.29. The number of halogens is 2. The van der Waals surface area contributed by atoms with E-state index in [2.05, 4.69) is 24.5 Å². The van der Waals surface area contributed by atoms with Crippen LogP contribution in [-0.2, 0) is 23.2 Å². The zero-order valence-electron chi connectivity index (χ0n) is 44.3. The maximum Gasteiger partial charge on any atom is 0.472 e. The second-order valence-electron chi connectivity index (χ2n) is 20.9. The number of hydrogen-bond donors (Lipinski definition) is 5. The van der Waals surface area contributed by atoms with E-state index in [1.54, 1.807) is 0 Å². The van der Waals surface area contributed by atoms with E-state index in [0.717, 1.165) is 38.5 Å². The molecule has 5 N–H and O–H groups in total. The summed E-state index contributed by atoms with van der Waals surface area (Å²) < 4.78 is 23.6. The van der Waals surface area contributed by atoms with E-state index < -0.39 is 20.0 Å². The lowest BCUT2D eigenvalue weighted by atomic mass is 10.0. The average molecular weight is 1020 g/mol. The van der Waals surface area contributed by atoms with Crippen molar-refractivity contribution in [3.05, 3.63) is 0 Å². The molecule has 15 heteroatoms. The SMILES string of the molecule is CCCCCCCCCCCCCCCCCC(=O)NCCC[N+](C)(C)CC(O)COP(=O)(O)OCC(O)C[N+](C)(C)CCCNC(=O)CCCCCCCCCCCCCCCCC.[Cl-].[Cl-]. The van der Waals surface area contributed by atoms with Gasteiger partial charge in [-0.1, -0.05) is 194 Å². The molecule has 0 saturated heterocycles. The molecule has 2 unspecified atom stereocenters. The molecule has 0 fully saturated rings. The number of carbonyl (C=O) groups is 2. The van der Waals surface area contributed by atoms with Crippen molar-refractivity contribution >= 4 is 19.6 Å². The van der Waals surface area contributed by atoms with Gasteiger partial charge in [0.25, 0.3) is 0 Å². The van der Waals surface area contributed by atoms with Crippen molar-refractivity contribution in [2.24, 2.45) is 0 Å². The molecule has 404 valence electrons. The van der Waals surface area contributed by atoms with Crippen molar-refractivity contribution in [3.8, 4) is 0 Å². The van der Waals surface area contributed by atoms with Crippen molar-refractivity contribution in [1.82, 2.24) is 10.6 Å². The van der Waals surface area contributed by atoms with Crippen molar-refractivity contribution in [1.29, 1.82) is 0 Å². The first-order valence-electron chi connectivity index (χ1n) is 27.3. The van der Waals surface area contributed by atoms with Crippen LogP contribution in [0.15, 0.2) is 0 Å². The van der Waals surface area contributed by atoms with Gasteiger partial charge in [0.15, 0.2) is 0 Å². The number of rotatable bonds is 50. The number of unbranched alkanes of at least 4 members (excludes halogenated alkanes) is 28. The van der Waals surface area contributed by atoms with E-state index in [-0.39, 0.29) is 49.8 Å². The highest BCUT2D eigenvalue weighted by atomic mass is 35.5. The fourth-order valence-corrected chi connectivity index (χ4v) is 9.58. The van der Waals surface area contributed by atoms with Crippen molar-refractivity contribution in [2.75, 3.05) is 80.7 Å². The first kappa shape index (κ1) is 70.7. The molecule has 0 bridgehead atoms. The number of nitrogens with zero attached hydrogens (tertiary/aromatic N) is 2. The predicted octanol–water partition coefficient (Wildman–Crippen LogP) is 5.54. The molecule has 0 aromatic carbocycles. The van der Waals surface area contributed by atoms with Crippen LogP contribution in [0.25, 0.3) is 0 Å². The van der Waals surface area contributed by atoms with Crippen LogP contribution < -0.4 is 35.4 Å². The lowest BCUT2D eigenvalue weighted by molar-refractivity contribution is -0.893. The standard InChI is InChI=1S/C52H107N4O8P.2ClH/c1-7-9-11-13-15-17-19-21-23-25-27-29-31-33-35-39-51(59)53-41-37-43-55(3,4)45-49(57)47-63-65(61,62)64-48-50(58)46-56(5,6)44-38-42-54-52(60)40-36-34-32-30-28-26-24-22-20-18-16-14-12-10-8-2;;/h49-50,57-58H,7-48H2,1-6H3,(H-2,53,54,59,60,61,62);2*1H. The van der Waals surface area contributed by atoms with E-state index in [0.29, 0.717) is 61.1 Å². The lowest BCUT2D eigenvalue weighted by Crippen LogP contribution is -3.00. The number of likely N-dealkylation sites (N-methyl/N-ethyl adjacent to an activating group) is 2. The first-order valence-corrected chi connectivity index (χ1v) is 28.8. The number of phosphoric ester groups is 1. The molecular formula is C52H109Cl2N4O8P. The minimum absolute atomic E-state index is 0. The zero-order valence-corrected chi connectivity index (χ0v) is 46.7. The lowest BCUT2D eigenvalue weighted by Gasteiger charge is -2.32. The molecule has 0 aliphatic carbocycles. The largest absolute Gasteiger partial charge is 1.00 e. The Morgan fingerprint density at radius 3 is 0.940 bits per heavy atom. The number of nitrogens with one attached hydrogen (secondary N) is 2. The Bertz CT molecular complexity index is 1080. The van der Waals surface area contributed by atoms with Gasteiger partial charge < -0.3 is 59.5 Å². The Hall–Kier alpha value is -0.530. The minimum Gasteiger partial charge on any atom is -1.00 e. The molecule has 0 aromatic heterocycles. The molecule has 0 radical (unpaired) electrons. The van der Waals surface area contributed by atoms with Crippen LogP contribution in [0.3, 0.4) is 0 Å². The summed E-state index contributed by atoms with van der Waals surface area (Å²) in [5.74, 6) is 0.177. The fourth-order valence-electron chi connectivity index (χ4n) is 8.79. The van der Waals surface area contributed by atoms with E-state index in [4.69, 9.17) is 9.05 Å². The van der Waals surface area contributed by atoms with Crippen molar-refractivity contribution in [3.63, 3.8) is 0 Å². The molecule has 0 aliphatic rings. The number of hydrogen-bond acceptors (Lipinski definition) is 7. The van der Waals surface area contributed by atoms with E-state index in [1.807, 2.05) is 28.2 Å². The Balaban J connectivity index is -0.0000205. The summed E-state index contributed by atoms with van der Waals surface area (Å²) in [6.07, 6.45) is 39.7. The maximum atomic E-state index is 12.5. The van der Waals surface area contributed by atoms with Gasteiger partial charge in [-0.05, 0) is 12.8 Å². The van der Waals surface area contributed by atoms with Crippen LogP contribution in [0, 0.1) is 0 Å². The van der Waals surface area contributed by atoms with E-state index >= 15 is 0 Å². The molecule has 0 aliphatic heterocycles. The van der Waals surface area contributed by atoms with Gasteiger partial charge in [-0.25, -0.2) is 4.57 Å². The average Bonchev–Trinajstić information content (AvgIpc) is 3.25. The number of quaternary nitrogens is 2. The summed E-state index contributed by atoms with van der Waals surface area (Å²) in [6, 6.07) is 0. The van der Waals surface area contributed by atoms with Crippen LogP contribution in [0.2, 0.25) is 0 Å². The highest BCUT2D eigenvalue weighted by Crippen LogP contribution is 2.43. The van der Waals surface area contributed by atoms with Gasteiger partial charge >= 0.3 is 7.82 Å². The summed E-state index contributed by atoms with van der Waals surface area (Å²) in [5, 5.41) is 27.2. The maximum absolute atomic E-state index is 12.5. The smallest absolute Gasteiger partial charge is 0.472 e. The molecule has 0 spiro atoms. The fraction of sp³-hybridized carbons (Fsp3) is 0.962. The summed E-state index contributed by atoms with van der Waals surface area (Å²) in [4.78, 5) is 34.9. The molecule has 0 saturated carbocycles. The minimum atomic E-state index is -4.49. The van der Waals surface area contributed by atoms with E-state index in [9.17, 15) is 29.3 Å². The van der Waals surface area contributed by atoms with Gasteiger partial charge in [0.1, 0.15) is 25.3 Å². The third-order valence-electron chi connectivity index (χ3n) is 12.8. The first-order chi connectivity index (χ1) is 31.1.